The zero-order chi connectivity index (χ0) is 21.3. The summed E-state index contributed by atoms with van der Waals surface area (Å²) in [7, 11) is -1.87. The molecule has 1 aromatic carbocycles. The Kier molecular flexibility index (Phi) is 5.88. The van der Waals surface area contributed by atoms with E-state index >= 15 is 0 Å². The zero-order valence-electron chi connectivity index (χ0n) is 17.7. The molecule has 8 heteroatoms. The molecular weight excluding hydrogens is 400 g/mol. The van der Waals surface area contributed by atoms with Crippen molar-refractivity contribution in [2.45, 2.75) is 37.5 Å². The second kappa shape index (κ2) is 8.43. The minimum atomic E-state index is -3.56. The lowest BCUT2D eigenvalue weighted by atomic mass is 10.2. The van der Waals surface area contributed by atoms with E-state index in [4.69, 9.17) is 0 Å². The molecule has 1 unspecified atom stereocenters. The number of nitrogens with one attached hydrogen (secondary N) is 1. The predicted molar refractivity (Wildman–Crippen MR) is 118 cm³/mol. The monoisotopic (exact) mass is 430 g/mol. The molecular formula is C22H30N4O3S. The van der Waals surface area contributed by atoms with Crippen LogP contribution < -0.4 is 10.2 Å². The van der Waals surface area contributed by atoms with E-state index < -0.39 is 10.0 Å². The van der Waals surface area contributed by atoms with Crippen LogP contribution in [0.25, 0.3) is 0 Å². The highest BCUT2D eigenvalue weighted by molar-refractivity contribution is 7.89. The summed E-state index contributed by atoms with van der Waals surface area (Å²) in [6.07, 6.45) is 5.55. The van der Waals surface area contributed by atoms with Gasteiger partial charge in [-0.3, -0.25) is 4.79 Å². The van der Waals surface area contributed by atoms with E-state index in [2.05, 4.69) is 17.1 Å². The molecule has 0 aliphatic carbocycles. The highest BCUT2D eigenvalue weighted by Gasteiger charge is 2.28. The van der Waals surface area contributed by atoms with Crippen molar-refractivity contribution in [3.63, 3.8) is 0 Å². The van der Waals surface area contributed by atoms with Crippen LogP contribution in [-0.4, -0.2) is 49.4 Å². The number of aromatic nitrogens is 1. The molecule has 2 aliphatic rings. The van der Waals surface area contributed by atoms with Crippen LogP contribution in [0, 0.1) is 5.92 Å². The molecule has 2 fully saturated rings. The van der Waals surface area contributed by atoms with Crippen molar-refractivity contribution in [2.75, 3.05) is 36.4 Å². The molecule has 162 valence electrons. The summed E-state index contributed by atoms with van der Waals surface area (Å²) in [6, 6.07) is 9.30. The van der Waals surface area contributed by atoms with E-state index in [0.29, 0.717) is 30.4 Å². The van der Waals surface area contributed by atoms with E-state index in [9.17, 15) is 13.2 Å². The fraction of sp³-hybridized carbons (Fsp3) is 0.500. The summed E-state index contributed by atoms with van der Waals surface area (Å²) in [5.41, 5.74) is 2.17. The van der Waals surface area contributed by atoms with E-state index in [1.807, 2.05) is 24.3 Å². The maximum absolute atomic E-state index is 12.9. The van der Waals surface area contributed by atoms with Crippen LogP contribution in [0.2, 0.25) is 0 Å². The van der Waals surface area contributed by atoms with Crippen LogP contribution in [-0.2, 0) is 17.1 Å². The second-order valence-electron chi connectivity index (χ2n) is 8.48. The van der Waals surface area contributed by atoms with Gasteiger partial charge >= 0.3 is 0 Å². The lowest BCUT2D eigenvalue weighted by Gasteiger charge is -2.25. The summed E-state index contributed by atoms with van der Waals surface area (Å²) >= 11 is 0. The highest BCUT2D eigenvalue weighted by Crippen LogP contribution is 2.26. The summed E-state index contributed by atoms with van der Waals surface area (Å²) in [5, 5.41) is 2.88. The van der Waals surface area contributed by atoms with Gasteiger partial charge in [0, 0.05) is 50.8 Å². The molecule has 1 aromatic heterocycles. The van der Waals surface area contributed by atoms with E-state index in [-0.39, 0.29) is 10.8 Å². The number of rotatable bonds is 5. The first-order valence-electron chi connectivity index (χ1n) is 10.7. The molecule has 7 nitrogen and oxygen atoms in total. The maximum Gasteiger partial charge on any atom is 0.272 e. The van der Waals surface area contributed by atoms with Gasteiger partial charge in [-0.1, -0.05) is 13.3 Å². The molecule has 0 spiro atoms. The fourth-order valence-electron chi connectivity index (χ4n) is 4.28. The number of carbonyl (C=O) groups is 1. The van der Waals surface area contributed by atoms with Gasteiger partial charge in [0.15, 0.2) is 0 Å². The van der Waals surface area contributed by atoms with Crippen LogP contribution in [0.5, 0.6) is 0 Å². The molecule has 0 saturated carbocycles. The topological polar surface area (TPSA) is 74.7 Å². The normalized spacial score (nSPS) is 20.5. The number of nitrogens with zero attached hydrogens (tertiary/aromatic N) is 3. The van der Waals surface area contributed by atoms with Gasteiger partial charge in [0.1, 0.15) is 10.6 Å². The quantitative estimate of drug-likeness (QED) is 0.790. The number of amides is 1. The Morgan fingerprint density at radius 3 is 2.40 bits per heavy atom. The van der Waals surface area contributed by atoms with Crippen LogP contribution in [0.3, 0.4) is 0 Å². The SMILES string of the molecule is CC1CCN(c2ccc(NC(=O)c3cc(S(=O)(=O)N4CCCCC4)cn3C)cc2)C1. The number of benzene rings is 1. The molecule has 1 amide bonds. The Morgan fingerprint density at radius 2 is 1.77 bits per heavy atom. The third kappa shape index (κ3) is 4.25. The van der Waals surface area contributed by atoms with Crippen molar-refractivity contribution >= 4 is 27.3 Å². The number of carbonyl (C=O) groups excluding carboxylic acids is 1. The number of sulfonamides is 1. The molecule has 2 aromatic rings. The molecule has 30 heavy (non-hydrogen) atoms. The van der Waals surface area contributed by atoms with Crippen LogP contribution in [0.4, 0.5) is 11.4 Å². The molecule has 2 saturated heterocycles. The first-order chi connectivity index (χ1) is 14.3. The van der Waals surface area contributed by atoms with Gasteiger partial charge in [-0.25, -0.2) is 8.42 Å². The summed E-state index contributed by atoms with van der Waals surface area (Å²) < 4.78 is 28.9. The predicted octanol–water partition coefficient (Wildman–Crippen LogP) is 3.30. The summed E-state index contributed by atoms with van der Waals surface area (Å²) in [4.78, 5) is 15.3. The second-order valence-corrected chi connectivity index (χ2v) is 10.4. The van der Waals surface area contributed by atoms with E-state index in [1.54, 1.807) is 11.6 Å². The Balaban J connectivity index is 1.46. The van der Waals surface area contributed by atoms with Crippen molar-refractivity contribution in [3.05, 3.63) is 42.2 Å². The highest BCUT2D eigenvalue weighted by atomic mass is 32.2. The number of hydrogen-bond donors (Lipinski definition) is 1. The largest absolute Gasteiger partial charge is 0.371 e. The Labute approximate surface area is 178 Å². The van der Waals surface area contributed by atoms with Gasteiger partial charge in [0.2, 0.25) is 10.0 Å². The van der Waals surface area contributed by atoms with Crippen LogP contribution >= 0.6 is 0 Å². The smallest absolute Gasteiger partial charge is 0.272 e. The van der Waals surface area contributed by atoms with Crippen molar-refractivity contribution < 1.29 is 13.2 Å². The zero-order valence-corrected chi connectivity index (χ0v) is 18.5. The van der Waals surface area contributed by atoms with Crippen LogP contribution in [0.1, 0.15) is 43.1 Å². The van der Waals surface area contributed by atoms with Crippen molar-refractivity contribution in [2.24, 2.45) is 13.0 Å². The van der Waals surface area contributed by atoms with Crippen molar-refractivity contribution in [1.82, 2.24) is 8.87 Å². The third-order valence-corrected chi connectivity index (χ3v) is 7.94. The number of aryl methyl sites for hydroxylation is 1. The third-order valence-electron chi connectivity index (χ3n) is 6.08. The number of piperidine rings is 1. The Morgan fingerprint density at radius 1 is 1.07 bits per heavy atom. The van der Waals surface area contributed by atoms with Gasteiger partial charge in [-0.2, -0.15) is 4.31 Å². The molecule has 4 rings (SSSR count). The first-order valence-corrected chi connectivity index (χ1v) is 12.1. The summed E-state index contributed by atoms with van der Waals surface area (Å²) in [5.74, 6) is 0.386. The summed E-state index contributed by atoms with van der Waals surface area (Å²) in [6.45, 7) is 5.46. The minimum Gasteiger partial charge on any atom is -0.371 e. The molecule has 0 bridgehead atoms. The van der Waals surface area contributed by atoms with Gasteiger partial charge in [-0.05, 0) is 55.5 Å². The van der Waals surface area contributed by atoms with Crippen LogP contribution in [0.15, 0.2) is 41.4 Å². The molecule has 1 N–H and O–H groups in total. The Bertz CT molecular complexity index is 1010. The molecule has 3 heterocycles. The first kappa shape index (κ1) is 20.9. The van der Waals surface area contributed by atoms with E-state index in [0.717, 1.165) is 38.0 Å². The standard InChI is InChI=1S/C22H30N4O3S/c1-17-10-13-25(15-17)19-8-6-18(7-9-19)23-22(27)21-14-20(16-24(21)2)30(28,29)26-11-4-3-5-12-26/h6-9,14,16-17H,3-5,10-13,15H2,1-2H3,(H,23,27). The molecule has 1 atom stereocenters. The van der Waals surface area contributed by atoms with Gasteiger partial charge in [-0.15, -0.1) is 0 Å². The van der Waals surface area contributed by atoms with Gasteiger partial charge < -0.3 is 14.8 Å². The maximum atomic E-state index is 12.9. The average Bonchev–Trinajstić information content (AvgIpc) is 3.35. The van der Waals surface area contributed by atoms with Crippen molar-refractivity contribution in [1.29, 1.82) is 0 Å². The molecule has 2 aliphatic heterocycles. The van der Waals surface area contributed by atoms with Crippen molar-refractivity contribution in [3.8, 4) is 0 Å². The average molecular weight is 431 g/mol. The lowest BCUT2D eigenvalue weighted by Crippen LogP contribution is -2.35. The lowest BCUT2D eigenvalue weighted by molar-refractivity contribution is 0.101. The number of hydrogen-bond acceptors (Lipinski definition) is 4. The number of anilines is 2. The minimum absolute atomic E-state index is 0.176. The van der Waals surface area contributed by atoms with Gasteiger partial charge in [0.25, 0.3) is 5.91 Å². The van der Waals surface area contributed by atoms with Gasteiger partial charge in [0.05, 0.1) is 0 Å². The van der Waals surface area contributed by atoms with E-state index in [1.165, 1.54) is 23.0 Å². The fourth-order valence-corrected chi connectivity index (χ4v) is 5.86. The molecule has 0 radical (unpaired) electrons. The Hall–Kier alpha value is -2.32.